The maximum atomic E-state index is 12.1. The van der Waals surface area contributed by atoms with Crippen LogP contribution in [-0.4, -0.2) is 35.4 Å². The van der Waals surface area contributed by atoms with E-state index in [0.717, 1.165) is 12.8 Å². The average molecular weight is 345 g/mol. The van der Waals surface area contributed by atoms with Gasteiger partial charge in [-0.3, -0.25) is 10.1 Å². The number of hydrogen-bond acceptors (Lipinski definition) is 7. The minimum absolute atomic E-state index is 0. The first kappa shape index (κ1) is 16.9. The first-order valence-electron chi connectivity index (χ1n) is 6.75. The van der Waals surface area contributed by atoms with E-state index in [1.54, 1.807) is 18.4 Å². The predicted molar refractivity (Wildman–Crippen MR) is 85.0 cm³/mol. The highest BCUT2D eigenvalue weighted by Gasteiger charge is 2.27. The number of nitrogens with two attached hydrogens (primary N) is 1. The summed E-state index contributed by atoms with van der Waals surface area (Å²) >= 11 is 1.25. The highest BCUT2D eigenvalue weighted by atomic mass is 35.5. The van der Waals surface area contributed by atoms with E-state index in [2.05, 4.69) is 15.5 Å². The first-order valence-corrected chi connectivity index (χ1v) is 7.57. The topological polar surface area (TPSA) is 103 Å². The molecule has 1 fully saturated rings. The number of ether oxygens (including phenoxy) is 1. The van der Waals surface area contributed by atoms with Crippen molar-refractivity contribution in [2.45, 2.75) is 18.9 Å². The molecule has 0 saturated carbocycles. The van der Waals surface area contributed by atoms with Crippen LogP contribution in [0.15, 0.2) is 22.8 Å². The molecule has 3 N–H and O–H groups in total. The minimum atomic E-state index is -0.551. The summed E-state index contributed by atoms with van der Waals surface area (Å²) in [5.41, 5.74) is 6.01. The number of rotatable bonds is 4. The van der Waals surface area contributed by atoms with Gasteiger partial charge in [-0.1, -0.05) is 11.3 Å². The molecular weight excluding hydrogens is 328 g/mol. The molecule has 7 nitrogen and oxygen atoms in total. The summed E-state index contributed by atoms with van der Waals surface area (Å²) in [6.07, 6.45) is 3.18. The van der Waals surface area contributed by atoms with Crippen molar-refractivity contribution in [2.24, 2.45) is 11.7 Å². The van der Waals surface area contributed by atoms with Crippen molar-refractivity contribution in [2.75, 3.05) is 18.5 Å². The zero-order valence-corrected chi connectivity index (χ0v) is 13.4. The lowest BCUT2D eigenvalue weighted by Crippen LogP contribution is -2.43. The largest absolute Gasteiger partial charge is 0.462 e. The van der Waals surface area contributed by atoms with Crippen molar-refractivity contribution in [1.29, 1.82) is 0 Å². The Bertz CT molecular complexity index is 598. The van der Waals surface area contributed by atoms with Crippen molar-refractivity contribution in [3.05, 3.63) is 18.4 Å². The second-order valence-electron chi connectivity index (χ2n) is 4.85. The first-order chi connectivity index (χ1) is 10.2. The Labute approximate surface area is 137 Å². The quantitative estimate of drug-likeness (QED) is 0.878. The molecule has 0 bridgehead atoms. The lowest BCUT2D eigenvalue weighted by atomic mass is 9.92. The number of hydrogen-bond donors (Lipinski definition) is 2. The van der Waals surface area contributed by atoms with Crippen molar-refractivity contribution >= 4 is 34.8 Å². The highest BCUT2D eigenvalue weighted by Crippen LogP contribution is 2.27. The summed E-state index contributed by atoms with van der Waals surface area (Å²) in [6.45, 7) is 1.32. The Morgan fingerprint density at radius 2 is 2.18 bits per heavy atom. The SMILES string of the molecule is Cl.NC(C(=O)Nc1nnc(-c2ccco2)s1)C1CCOCC1. The summed E-state index contributed by atoms with van der Waals surface area (Å²) in [5.74, 6) is 0.544. The number of amides is 1. The third-order valence-electron chi connectivity index (χ3n) is 3.46. The third kappa shape index (κ3) is 3.83. The van der Waals surface area contributed by atoms with Crippen LogP contribution in [-0.2, 0) is 9.53 Å². The van der Waals surface area contributed by atoms with Crippen molar-refractivity contribution in [3.63, 3.8) is 0 Å². The number of halogens is 1. The van der Waals surface area contributed by atoms with Gasteiger partial charge >= 0.3 is 0 Å². The van der Waals surface area contributed by atoms with Gasteiger partial charge in [0.25, 0.3) is 0 Å². The van der Waals surface area contributed by atoms with Crippen LogP contribution in [0.25, 0.3) is 10.8 Å². The summed E-state index contributed by atoms with van der Waals surface area (Å²) in [4.78, 5) is 12.1. The molecule has 1 atom stereocenters. The minimum Gasteiger partial charge on any atom is -0.462 e. The molecule has 2 aromatic heterocycles. The van der Waals surface area contributed by atoms with Gasteiger partial charge in [-0.25, -0.2) is 0 Å². The fraction of sp³-hybridized carbons (Fsp3) is 0.462. The second-order valence-corrected chi connectivity index (χ2v) is 5.83. The molecule has 1 aliphatic rings. The molecule has 1 amide bonds. The number of nitrogens with one attached hydrogen (secondary N) is 1. The summed E-state index contributed by atoms with van der Waals surface area (Å²) < 4.78 is 10.5. The number of carbonyl (C=O) groups is 1. The number of furan rings is 1. The van der Waals surface area contributed by atoms with E-state index in [1.807, 2.05) is 0 Å². The Hall–Kier alpha value is -1.48. The Morgan fingerprint density at radius 1 is 1.41 bits per heavy atom. The fourth-order valence-corrected chi connectivity index (χ4v) is 2.97. The fourth-order valence-electron chi connectivity index (χ4n) is 2.25. The number of anilines is 1. The summed E-state index contributed by atoms with van der Waals surface area (Å²) in [7, 11) is 0. The van der Waals surface area contributed by atoms with Gasteiger partial charge in [-0.15, -0.1) is 22.6 Å². The van der Waals surface area contributed by atoms with Gasteiger partial charge < -0.3 is 14.9 Å². The van der Waals surface area contributed by atoms with Gasteiger partial charge in [0.1, 0.15) is 0 Å². The molecule has 0 spiro atoms. The molecule has 0 aromatic carbocycles. The van der Waals surface area contributed by atoms with Gasteiger partial charge in [0.15, 0.2) is 10.8 Å². The maximum Gasteiger partial charge on any atom is 0.243 e. The number of nitrogens with zero attached hydrogens (tertiary/aromatic N) is 2. The van der Waals surface area contributed by atoms with E-state index >= 15 is 0 Å². The number of carbonyl (C=O) groups excluding carboxylic acids is 1. The van der Waals surface area contributed by atoms with E-state index in [0.29, 0.717) is 29.1 Å². The zero-order valence-electron chi connectivity index (χ0n) is 11.7. The van der Waals surface area contributed by atoms with Crippen molar-refractivity contribution in [1.82, 2.24) is 10.2 Å². The van der Waals surface area contributed by atoms with Gasteiger partial charge in [0.05, 0.1) is 12.3 Å². The third-order valence-corrected chi connectivity index (χ3v) is 4.32. The van der Waals surface area contributed by atoms with Gasteiger partial charge in [-0.2, -0.15) is 0 Å². The molecule has 1 saturated heterocycles. The monoisotopic (exact) mass is 344 g/mol. The van der Waals surface area contributed by atoms with Gasteiger partial charge in [0, 0.05) is 13.2 Å². The number of aromatic nitrogens is 2. The van der Waals surface area contributed by atoms with Gasteiger partial charge in [-0.05, 0) is 30.9 Å². The molecule has 0 aliphatic carbocycles. The Balaban J connectivity index is 0.00000176. The zero-order chi connectivity index (χ0) is 14.7. The molecule has 3 rings (SSSR count). The summed E-state index contributed by atoms with van der Waals surface area (Å²) in [5, 5.41) is 11.7. The van der Waals surface area contributed by atoms with Crippen LogP contribution < -0.4 is 11.1 Å². The average Bonchev–Trinajstić information content (AvgIpc) is 3.18. The van der Waals surface area contributed by atoms with E-state index in [9.17, 15) is 4.79 Å². The molecular formula is C13H17ClN4O3S. The van der Waals surface area contributed by atoms with Crippen LogP contribution in [0.5, 0.6) is 0 Å². The molecule has 1 aliphatic heterocycles. The standard InChI is InChI=1S/C13H16N4O3S.ClH/c14-10(8-3-6-19-7-4-8)11(18)15-13-17-16-12(21-13)9-2-1-5-20-9;/h1-2,5,8,10H,3-4,6-7,14H2,(H,15,17,18);1H. The van der Waals surface area contributed by atoms with Crippen LogP contribution in [0.4, 0.5) is 5.13 Å². The van der Waals surface area contributed by atoms with Crippen LogP contribution in [0.2, 0.25) is 0 Å². The molecule has 120 valence electrons. The van der Waals surface area contributed by atoms with E-state index in [1.165, 1.54) is 11.3 Å². The second kappa shape index (κ2) is 7.68. The van der Waals surface area contributed by atoms with E-state index < -0.39 is 6.04 Å². The van der Waals surface area contributed by atoms with Crippen LogP contribution in [0, 0.1) is 5.92 Å². The Kier molecular flexibility index (Phi) is 5.90. The van der Waals surface area contributed by atoms with Gasteiger partial charge in [0.2, 0.25) is 11.0 Å². The van der Waals surface area contributed by atoms with E-state index in [4.69, 9.17) is 14.9 Å². The molecule has 9 heteroatoms. The molecule has 0 radical (unpaired) electrons. The summed E-state index contributed by atoms with van der Waals surface area (Å²) in [6, 6.07) is 3.01. The Morgan fingerprint density at radius 3 is 2.86 bits per heavy atom. The normalized spacial score (nSPS) is 16.8. The maximum absolute atomic E-state index is 12.1. The highest BCUT2D eigenvalue weighted by molar-refractivity contribution is 7.18. The lowest BCUT2D eigenvalue weighted by molar-refractivity contribution is -0.119. The van der Waals surface area contributed by atoms with Crippen LogP contribution in [0.1, 0.15) is 12.8 Å². The van der Waals surface area contributed by atoms with Crippen LogP contribution in [0.3, 0.4) is 0 Å². The molecule has 2 aromatic rings. The van der Waals surface area contributed by atoms with Crippen LogP contribution >= 0.6 is 23.7 Å². The van der Waals surface area contributed by atoms with Crippen molar-refractivity contribution in [3.8, 4) is 10.8 Å². The predicted octanol–water partition coefficient (Wildman–Crippen LogP) is 1.91. The molecule has 1 unspecified atom stereocenters. The van der Waals surface area contributed by atoms with E-state index in [-0.39, 0.29) is 24.2 Å². The molecule has 3 heterocycles. The lowest BCUT2D eigenvalue weighted by Gasteiger charge is -2.26. The molecule has 22 heavy (non-hydrogen) atoms. The smallest absolute Gasteiger partial charge is 0.243 e. The van der Waals surface area contributed by atoms with Crippen molar-refractivity contribution < 1.29 is 13.9 Å².